The molecule has 180 valence electrons. The Bertz CT molecular complexity index is 1290. The van der Waals surface area contributed by atoms with Gasteiger partial charge in [-0.2, -0.15) is 0 Å². The molecule has 8 nitrogen and oxygen atoms in total. The van der Waals surface area contributed by atoms with Gasteiger partial charge in [0.25, 0.3) is 0 Å². The fourth-order valence-electron chi connectivity index (χ4n) is 4.13. The topological polar surface area (TPSA) is 84.3 Å². The van der Waals surface area contributed by atoms with Crippen LogP contribution >= 0.6 is 0 Å². The van der Waals surface area contributed by atoms with Crippen LogP contribution in [0.4, 0.5) is 11.8 Å². The molecule has 0 unspecified atom stereocenters. The molecular formula is C27H30N6O2. The number of benzene rings is 2. The quantitative estimate of drug-likeness (QED) is 0.432. The molecule has 1 aliphatic heterocycles. The first-order chi connectivity index (χ1) is 17.1. The monoisotopic (exact) mass is 470 g/mol. The van der Waals surface area contributed by atoms with Crippen LogP contribution in [0.1, 0.15) is 30.5 Å². The van der Waals surface area contributed by atoms with Crippen LogP contribution in [0.3, 0.4) is 0 Å². The van der Waals surface area contributed by atoms with E-state index in [1.807, 2.05) is 56.0 Å². The molecule has 0 N–H and O–H groups in total. The van der Waals surface area contributed by atoms with Gasteiger partial charge in [-0.25, -0.2) is 19.9 Å². The van der Waals surface area contributed by atoms with Crippen LogP contribution in [0.2, 0.25) is 0 Å². The number of carbonyl (C=O) groups is 1. The summed E-state index contributed by atoms with van der Waals surface area (Å²) in [6, 6.07) is 14.1. The van der Waals surface area contributed by atoms with E-state index in [2.05, 4.69) is 32.1 Å². The summed E-state index contributed by atoms with van der Waals surface area (Å²) in [6.45, 7) is 7.29. The first-order valence-corrected chi connectivity index (χ1v) is 11.8. The standard InChI is InChI=1S/C25H24N6O2.C2H6/c1-17-10-20-21(12-22(17)33-2)28-16-29-24(20)30-8-9-31(23(32)15-30)25-26-13-19(14-27-25)11-18-6-4-3-5-7-18;1-2/h3-7,10,12-14,16H,8-9,11,15H2,1-2H3;1-2H3. The Morgan fingerprint density at radius 3 is 2.37 bits per heavy atom. The summed E-state index contributed by atoms with van der Waals surface area (Å²) in [5.41, 5.74) is 3.99. The van der Waals surface area contributed by atoms with Crippen molar-refractivity contribution < 1.29 is 9.53 Å². The second kappa shape index (κ2) is 10.9. The van der Waals surface area contributed by atoms with Gasteiger partial charge in [-0.1, -0.05) is 44.2 Å². The third kappa shape index (κ3) is 5.21. The van der Waals surface area contributed by atoms with Gasteiger partial charge in [-0.3, -0.25) is 9.69 Å². The lowest BCUT2D eigenvalue weighted by molar-refractivity contribution is -0.118. The highest BCUT2D eigenvalue weighted by atomic mass is 16.5. The largest absolute Gasteiger partial charge is 0.496 e. The molecule has 4 aromatic rings. The molecule has 2 aromatic heterocycles. The van der Waals surface area contributed by atoms with Crippen LogP contribution in [0.25, 0.3) is 10.9 Å². The molecule has 1 saturated heterocycles. The highest BCUT2D eigenvalue weighted by molar-refractivity contribution is 5.98. The van der Waals surface area contributed by atoms with Crippen molar-refractivity contribution in [2.75, 3.05) is 36.5 Å². The second-order valence-corrected chi connectivity index (χ2v) is 8.06. The van der Waals surface area contributed by atoms with Crippen molar-refractivity contribution in [1.29, 1.82) is 0 Å². The average Bonchev–Trinajstić information content (AvgIpc) is 2.90. The smallest absolute Gasteiger partial charge is 0.248 e. The Balaban J connectivity index is 0.00000141. The van der Waals surface area contributed by atoms with Crippen LogP contribution in [0, 0.1) is 6.92 Å². The minimum Gasteiger partial charge on any atom is -0.496 e. The number of nitrogens with zero attached hydrogens (tertiary/aromatic N) is 6. The lowest BCUT2D eigenvalue weighted by atomic mass is 10.1. The van der Waals surface area contributed by atoms with E-state index in [0.29, 0.717) is 19.0 Å². The lowest BCUT2D eigenvalue weighted by Gasteiger charge is -2.34. The molecule has 5 rings (SSSR count). The third-order valence-electron chi connectivity index (χ3n) is 5.84. The van der Waals surface area contributed by atoms with E-state index < -0.39 is 0 Å². The van der Waals surface area contributed by atoms with Gasteiger partial charge in [0.05, 0.1) is 19.2 Å². The first-order valence-electron chi connectivity index (χ1n) is 11.8. The predicted molar refractivity (Wildman–Crippen MR) is 138 cm³/mol. The number of hydrogen-bond acceptors (Lipinski definition) is 7. The Morgan fingerprint density at radius 1 is 0.943 bits per heavy atom. The molecule has 1 aliphatic rings. The van der Waals surface area contributed by atoms with E-state index in [0.717, 1.165) is 40.0 Å². The fraction of sp³-hybridized carbons (Fsp3) is 0.296. The van der Waals surface area contributed by atoms with E-state index in [1.165, 1.54) is 11.9 Å². The number of amides is 1. The summed E-state index contributed by atoms with van der Waals surface area (Å²) in [6.07, 6.45) is 5.87. The number of aromatic nitrogens is 4. The highest BCUT2D eigenvalue weighted by Gasteiger charge is 2.28. The van der Waals surface area contributed by atoms with Gasteiger partial charge in [-0.15, -0.1) is 0 Å². The van der Waals surface area contributed by atoms with Crippen molar-refractivity contribution in [2.45, 2.75) is 27.2 Å². The number of methoxy groups -OCH3 is 1. The molecule has 3 heterocycles. The van der Waals surface area contributed by atoms with Gasteiger partial charge < -0.3 is 9.64 Å². The van der Waals surface area contributed by atoms with Gasteiger partial charge in [0.15, 0.2) is 0 Å². The minimum atomic E-state index is -0.0611. The van der Waals surface area contributed by atoms with E-state index >= 15 is 0 Å². The normalized spacial score (nSPS) is 13.4. The number of carbonyl (C=O) groups excluding carboxylic acids is 1. The van der Waals surface area contributed by atoms with Crippen molar-refractivity contribution >= 4 is 28.6 Å². The van der Waals surface area contributed by atoms with E-state index in [-0.39, 0.29) is 12.5 Å². The number of ether oxygens (including phenoxy) is 1. The predicted octanol–water partition coefficient (Wildman–Crippen LogP) is 4.21. The molecule has 35 heavy (non-hydrogen) atoms. The molecular weight excluding hydrogens is 440 g/mol. The van der Waals surface area contributed by atoms with Crippen molar-refractivity contribution in [3.8, 4) is 5.75 Å². The molecule has 0 saturated carbocycles. The third-order valence-corrected chi connectivity index (χ3v) is 5.84. The van der Waals surface area contributed by atoms with Gasteiger partial charge in [-0.05, 0) is 29.7 Å². The zero-order valence-corrected chi connectivity index (χ0v) is 20.6. The molecule has 0 radical (unpaired) electrons. The van der Waals surface area contributed by atoms with Gasteiger partial charge in [0.2, 0.25) is 11.9 Å². The zero-order chi connectivity index (χ0) is 24.8. The van der Waals surface area contributed by atoms with Crippen LogP contribution in [0.15, 0.2) is 61.2 Å². The van der Waals surface area contributed by atoms with Crippen LogP contribution < -0.4 is 14.5 Å². The number of hydrogen-bond donors (Lipinski definition) is 0. The molecule has 8 heteroatoms. The molecule has 0 spiro atoms. The second-order valence-electron chi connectivity index (χ2n) is 8.06. The number of rotatable bonds is 5. The Kier molecular flexibility index (Phi) is 7.50. The number of anilines is 2. The summed E-state index contributed by atoms with van der Waals surface area (Å²) in [5.74, 6) is 1.90. The summed E-state index contributed by atoms with van der Waals surface area (Å²) in [7, 11) is 1.64. The molecule has 0 aliphatic carbocycles. The maximum atomic E-state index is 13.0. The zero-order valence-electron chi connectivity index (χ0n) is 20.6. The van der Waals surface area contributed by atoms with E-state index in [1.54, 1.807) is 24.4 Å². The number of piperazine rings is 1. The Labute approximate surface area is 205 Å². The van der Waals surface area contributed by atoms with Crippen LogP contribution in [-0.2, 0) is 11.2 Å². The Hall–Kier alpha value is -4.07. The minimum absolute atomic E-state index is 0.0611. The van der Waals surface area contributed by atoms with Crippen LogP contribution in [-0.4, -0.2) is 52.6 Å². The average molecular weight is 471 g/mol. The maximum absolute atomic E-state index is 13.0. The fourth-order valence-corrected chi connectivity index (χ4v) is 4.13. The van der Waals surface area contributed by atoms with Crippen molar-refractivity contribution in [3.63, 3.8) is 0 Å². The highest BCUT2D eigenvalue weighted by Crippen LogP contribution is 2.30. The summed E-state index contributed by atoms with van der Waals surface area (Å²) in [5, 5.41) is 0.901. The lowest BCUT2D eigenvalue weighted by Crippen LogP contribution is -2.51. The van der Waals surface area contributed by atoms with Crippen molar-refractivity contribution in [2.24, 2.45) is 0 Å². The summed E-state index contributed by atoms with van der Waals surface area (Å²) >= 11 is 0. The molecule has 0 atom stereocenters. The summed E-state index contributed by atoms with van der Waals surface area (Å²) < 4.78 is 5.41. The Morgan fingerprint density at radius 2 is 1.69 bits per heavy atom. The van der Waals surface area contributed by atoms with Gasteiger partial charge in [0, 0.05) is 43.4 Å². The SMILES string of the molecule is CC.COc1cc2ncnc(N3CCN(c4ncc(Cc5ccccc5)cn4)C(=O)C3)c2cc1C. The van der Waals surface area contributed by atoms with Crippen molar-refractivity contribution in [1.82, 2.24) is 19.9 Å². The van der Waals surface area contributed by atoms with Crippen molar-refractivity contribution in [3.05, 3.63) is 77.9 Å². The maximum Gasteiger partial charge on any atom is 0.248 e. The van der Waals surface area contributed by atoms with Gasteiger partial charge in [0.1, 0.15) is 17.9 Å². The number of aryl methyl sites for hydroxylation is 1. The van der Waals surface area contributed by atoms with Gasteiger partial charge >= 0.3 is 0 Å². The molecule has 0 bridgehead atoms. The number of fused-ring (bicyclic) bond motifs is 1. The van der Waals surface area contributed by atoms with E-state index in [9.17, 15) is 4.79 Å². The first kappa shape index (κ1) is 24.1. The molecule has 1 amide bonds. The molecule has 1 fully saturated rings. The molecule has 2 aromatic carbocycles. The van der Waals surface area contributed by atoms with Crippen LogP contribution in [0.5, 0.6) is 5.75 Å². The van der Waals surface area contributed by atoms with E-state index in [4.69, 9.17) is 4.74 Å². The summed E-state index contributed by atoms with van der Waals surface area (Å²) in [4.78, 5) is 34.4.